The lowest BCUT2D eigenvalue weighted by molar-refractivity contribution is 0.0893. The van der Waals surface area contributed by atoms with E-state index in [4.69, 9.17) is 19.4 Å². The van der Waals surface area contributed by atoms with Gasteiger partial charge in [0.1, 0.15) is 11.6 Å². The molecule has 0 amide bonds. The van der Waals surface area contributed by atoms with Gasteiger partial charge in [0.15, 0.2) is 11.5 Å². The van der Waals surface area contributed by atoms with Gasteiger partial charge in [0.25, 0.3) is 0 Å². The van der Waals surface area contributed by atoms with Gasteiger partial charge in [-0.25, -0.2) is 18.1 Å². The van der Waals surface area contributed by atoms with Gasteiger partial charge < -0.3 is 14.5 Å². The fourth-order valence-corrected chi connectivity index (χ4v) is 8.08. The number of aromatic nitrogens is 4. The van der Waals surface area contributed by atoms with Crippen LogP contribution in [0.25, 0.3) is 22.6 Å². The Morgan fingerprint density at radius 2 is 1.73 bits per heavy atom. The van der Waals surface area contributed by atoms with Gasteiger partial charge in [-0.05, 0) is 87.9 Å². The Morgan fingerprint density at radius 3 is 2.48 bits per heavy atom. The second kappa shape index (κ2) is 9.42. The summed E-state index contributed by atoms with van der Waals surface area (Å²) in [7, 11) is -3.51. The molecule has 4 aliphatic rings. The quantitative estimate of drug-likeness (QED) is 0.327. The van der Waals surface area contributed by atoms with E-state index >= 15 is 0 Å². The summed E-state index contributed by atoms with van der Waals surface area (Å²) in [5.41, 5.74) is 4.42. The van der Waals surface area contributed by atoms with Crippen molar-refractivity contribution in [2.75, 3.05) is 6.79 Å². The number of ether oxygens (including phenoxy) is 2. The van der Waals surface area contributed by atoms with Gasteiger partial charge in [0, 0.05) is 28.4 Å². The van der Waals surface area contributed by atoms with Crippen LogP contribution in [0.2, 0.25) is 0 Å². The minimum Gasteiger partial charge on any atom is -0.454 e. The van der Waals surface area contributed by atoms with Gasteiger partial charge in [0.05, 0.1) is 22.8 Å². The van der Waals surface area contributed by atoms with Crippen LogP contribution in [0.4, 0.5) is 0 Å². The summed E-state index contributed by atoms with van der Waals surface area (Å²) in [6, 6.07) is 17.2. The zero-order valence-corrected chi connectivity index (χ0v) is 23.1. The Balaban J connectivity index is 1.18. The molecule has 0 radical (unpaired) electrons. The zero-order chi connectivity index (χ0) is 27.4. The molecule has 0 atom stereocenters. The number of hydrogen-bond donors (Lipinski definition) is 2. The Hall–Kier alpha value is -3.76. The summed E-state index contributed by atoms with van der Waals surface area (Å²) >= 11 is 0. The second-order valence-electron chi connectivity index (χ2n) is 11.3. The maximum Gasteiger partial charge on any atom is 0.231 e. The van der Waals surface area contributed by atoms with Crippen LogP contribution in [0.15, 0.2) is 60.8 Å². The van der Waals surface area contributed by atoms with E-state index in [0.717, 1.165) is 78.4 Å². The first-order valence-electron chi connectivity index (χ1n) is 13.7. The van der Waals surface area contributed by atoms with Crippen molar-refractivity contribution in [3.63, 3.8) is 0 Å². The number of fused-ring (bicyclic) bond motifs is 4. The molecule has 3 fully saturated rings. The monoisotopic (exact) mass is 557 g/mol. The summed E-state index contributed by atoms with van der Waals surface area (Å²) < 4.78 is 40.4. The molecule has 8 rings (SSSR count). The molecule has 3 aliphatic carbocycles. The number of H-pyrrole nitrogens is 1. The number of nitrogens with one attached hydrogen (secondary N) is 2. The van der Waals surface area contributed by atoms with Gasteiger partial charge in [-0.3, -0.25) is 9.97 Å². The molecule has 40 heavy (non-hydrogen) atoms. The van der Waals surface area contributed by atoms with Gasteiger partial charge in [-0.1, -0.05) is 12.1 Å². The molecule has 2 N–H and O–H groups in total. The molecular weight excluding hydrogens is 526 g/mol. The van der Waals surface area contributed by atoms with Crippen molar-refractivity contribution >= 4 is 10.0 Å². The molecular formula is C30H31N5O4S. The van der Waals surface area contributed by atoms with Gasteiger partial charge in [-0.2, -0.15) is 0 Å². The van der Waals surface area contributed by atoms with Crippen molar-refractivity contribution in [3.05, 3.63) is 78.0 Å². The summed E-state index contributed by atoms with van der Waals surface area (Å²) in [5, 5.41) is 0. The first kappa shape index (κ1) is 25.2. The van der Waals surface area contributed by atoms with Crippen LogP contribution in [0, 0.1) is 6.92 Å². The number of aromatic amines is 1. The largest absolute Gasteiger partial charge is 0.454 e. The molecule has 9 nitrogen and oxygen atoms in total. The highest BCUT2D eigenvalue weighted by atomic mass is 32.2. The molecule has 1 aliphatic heterocycles. The molecule has 206 valence electrons. The van der Waals surface area contributed by atoms with E-state index in [9.17, 15) is 8.42 Å². The SMILES string of the molecule is Cc1cccc(-c2[nH]c(C34CCC(NS(=O)(=O)Cc5ccccn5)(CC3)CC4)nc2-c2ccc3c(c2)OCO3)n1. The van der Waals surface area contributed by atoms with Crippen LogP contribution < -0.4 is 14.2 Å². The lowest BCUT2D eigenvalue weighted by Crippen LogP contribution is -2.58. The Bertz CT molecular complexity index is 1660. The average molecular weight is 558 g/mol. The van der Waals surface area contributed by atoms with E-state index in [1.54, 1.807) is 18.3 Å². The first-order chi connectivity index (χ1) is 19.3. The standard InChI is InChI=1S/C30H31N5O4S/c1-20-5-4-7-23(32-20)27-26(21-8-9-24-25(17-21)39-19-38-24)33-28(34-27)29-10-13-30(14-11-29,15-12-29)35-40(36,37)18-22-6-2-3-16-31-22/h2-9,16-17,35H,10-15,18-19H2,1H3,(H,33,34). The predicted octanol–water partition coefficient (Wildman–Crippen LogP) is 5.03. The minimum atomic E-state index is -3.51. The van der Waals surface area contributed by atoms with Crippen LogP contribution in [0.3, 0.4) is 0 Å². The highest BCUT2D eigenvalue weighted by Crippen LogP contribution is 2.54. The van der Waals surface area contributed by atoms with Gasteiger partial charge >= 0.3 is 0 Å². The van der Waals surface area contributed by atoms with Crippen molar-refractivity contribution in [1.29, 1.82) is 0 Å². The minimum absolute atomic E-state index is 0.106. The van der Waals surface area contributed by atoms with Crippen LogP contribution in [-0.2, 0) is 21.2 Å². The zero-order valence-electron chi connectivity index (χ0n) is 22.3. The third kappa shape index (κ3) is 4.54. The normalized spacial score (nSPS) is 23.4. The Morgan fingerprint density at radius 1 is 0.925 bits per heavy atom. The summed E-state index contributed by atoms with van der Waals surface area (Å²) in [6.45, 7) is 2.20. The van der Waals surface area contributed by atoms with E-state index in [1.807, 2.05) is 49.4 Å². The maximum atomic E-state index is 13.1. The third-order valence-electron chi connectivity index (χ3n) is 8.68. The van der Waals surface area contributed by atoms with Gasteiger partial charge in [-0.15, -0.1) is 0 Å². The number of rotatable bonds is 7. The topological polar surface area (TPSA) is 119 Å². The fraction of sp³-hybridized carbons (Fsp3) is 0.367. The number of sulfonamides is 1. The van der Waals surface area contributed by atoms with Crippen molar-refractivity contribution in [1.82, 2.24) is 24.7 Å². The van der Waals surface area contributed by atoms with Crippen molar-refractivity contribution in [2.45, 2.75) is 62.2 Å². The number of benzene rings is 1. The summed E-state index contributed by atoms with van der Waals surface area (Å²) in [5.74, 6) is 2.28. The van der Waals surface area contributed by atoms with Crippen LogP contribution in [0.5, 0.6) is 11.5 Å². The summed E-state index contributed by atoms with van der Waals surface area (Å²) in [4.78, 5) is 17.9. The highest BCUT2D eigenvalue weighted by Gasteiger charge is 2.52. The average Bonchev–Trinajstić information content (AvgIpc) is 3.61. The fourth-order valence-electron chi connectivity index (χ4n) is 6.48. The predicted molar refractivity (Wildman–Crippen MR) is 150 cm³/mol. The lowest BCUT2D eigenvalue weighted by Gasteiger charge is -2.52. The Labute approximate surface area is 233 Å². The smallest absolute Gasteiger partial charge is 0.231 e. The first-order valence-corrected chi connectivity index (χ1v) is 15.3. The van der Waals surface area contributed by atoms with E-state index in [1.165, 1.54) is 0 Å². The molecule has 2 bridgehead atoms. The number of imidazole rings is 1. The van der Waals surface area contributed by atoms with Crippen LogP contribution >= 0.6 is 0 Å². The third-order valence-corrected chi connectivity index (χ3v) is 10.1. The second-order valence-corrected chi connectivity index (χ2v) is 13.0. The van der Waals surface area contributed by atoms with Crippen molar-refractivity contribution in [2.24, 2.45) is 0 Å². The molecule has 4 aromatic rings. The van der Waals surface area contributed by atoms with Crippen LogP contribution in [0.1, 0.15) is 55.7 Å². The highest BCUT2D eigenvalue weighted by molar-refractivity contribution is 7.88. The van der Waals surface area contributed by atoms with Crippen molar-refractivity contribution < 1.29 is 17.9 Å². The molecule has 4 heterocycles. The number of aryl methyl sites for hydroxylation is 1. The van der Waals surface area contributed by atoms with Gasteiger partial charge in [0.2, 0.25) is 16.8 Å². The lowest BCUT2D eigenvalue weighted by atomic mass is 9.57. The summed E-state index contributed by atoms with van der Waals surface area (Å²) in [6.07, 6.45) is 6.50. The molecule has 0 saturated heterocycles. The molecule has 0 spiro atoms. The Kier molecular flexibility index (Phi) is 5.94. The molecule has 10 heteroatoms. The van der Waals surface area contributed by atoms with E-state index in [-0.39, 0.29) is 18.0 Å². The number of nitrogens with zero attached hydrogens (tertiary/aromatic N) is 3. The molecule has 3 aromatic heterocycles. The van der Waals surface area contributed by atoms with E-state index in [0.29, 0.717) is 11.4 Å². The van der Waals surface area contributed by atoms with Crippen LogP contribution in [-0.4, -0.2) is 40.7 Å². The van der Waals surface area contributed by atoms with Crippen molar-refractivity contribution in [3.8, 4) is 34.1 Å². The molecule has 0 unspecified atom stereocenters. The number of pyridine rings is 2. The molecule has 3 saturated carbocycles. The van der Waals surface area contributed by atoms with E-state index in [2.05, 4.69) is 14.7 Å². The number of hydrogen-bond acceptors (Lipinski definition) is 7. The maximum absolute atomic E-state index is 13.1. The molecule has 1 aromatic carbocycles. The van der Waals surface area contributed by atoms with E-state index < -0.39 is 15.6 Å².